The average molecular weight is 573 g/mol. The van der Waals surface area contributed by atoms with Crippen molar-refractivity contribution < 1.29 is 23.0 Å². The smallest absolute Gasteiger partial charge is 0.192 e. The van der Waals surface area contributed by atoms with Crippen LogP contribution in [-0.2, 0) is 17.8 Å². The van der Waals surface area contributed by atoms with E-state index in [1.165, 1.54) is 25.2 Å². The Balaban J connectivity index is 1.44. The Morgan fingerprint density at radius 3 is 2.42 bits per heavy atom. The average Bonchev–Trinajstić information content (AvgIpc) is 3.38. The van der Waals surface area contributed by atoms with Gasteiger partial charge in [-0.1, -0.05) is 0 Å². The van der Waals surface area contributed by atoms with Crippen LogP contribution in [0.4, 0.5) is 20.2 Å². The monoisotopic (exact) mass is 572 g/mol. The summed E-state index contributed by atoms with van der Waals surface area (Å²) in [6.07, 6.45) is 3.77. The highest BCUT2D eigenvalue weighted by atomic mass is 32.1. The van der Waals surface area contributed by atoms with E-state index < -0.39 is 11.6 Å². The molecular formula is C28H34F2N6O3S. The summed E-state index contributed by atoms with van der Waals surface area (Å²) in [5.74, 6) is -1.50. The number of nitrogens with one attached hydrogen (secondary N) is 2. The molecule has 0 amide bonds. The van der Waals surface area contributed by atoms with Gasteiger partial charge >= 0.3 is 0 Å². The van der Waals surface area contributed by atoms with Gasteiger partial charge < -0.3 is 34.3 Å². The number of hydrogen-bond donors (Lipinski definition) is 2. The van der Waals surface area contributed by atoms with Gasteiger partial charge in [0.15, 0.2) is 28.2 Å². The SMILES string of the molecule is COc1cc(OC)c(F)c(N2Cc3cnc4[nH]c(CN5CCOCC5)cc4c3N(CC3CCNCC3)C2=S)c1F. The summed E-state index contributed by atoms with van der Waals surface area (Å²) in [6.45, 7) is 6.63. The van der Waals surface area contributed by atoms with Crippen molar-refractivity contribution in [2.24, 2.45) is 5.92 Å². The molecule has 5 heterocycles. The highest BCUT2D eigenvalue weighted by molar-refractivity contribution is 7.80. The van der Waals surface area contributed by atoms with E-state index in [-0.39, 0.29) is 23.7 Å². The molecule has 3 aromatic rings. The fourth-order valence-electron chi connectivity index (χ4n) is 5.93. The standard InChI is InChI=1S/C28H34F2N6O3S/c1-37-21-12-22(38-2)24(30)26(23(21)29)36-15-18-13-32-27-20(11-19(33-27)16-34-7-9-39-10-8-34)25(18)35(28(36)40)14-17-3-5-31-6-4-17/h11-13,17,31H,3-10,14-16H2,1-2H3,(H,32,33). The molecule has 0 spiro atoms. The minimum Gasteiger partial charge on any atom is -0.493 e. The van der Waals surface area contributed by atoms with Gasteiger partial charge in [0.25, 0.3) is 0 Å². The summed E-state index contributed by atoms with van der Waals surface area (Å²) in [5.41, 5.74) is 3.33. The maximum Gasteiger partial charge on any atom is 0.192 e. The number of piperidine rings is 1. The number of nitrogens with zero attached hydrogens (tertiary/aromatic N) is 4. The number of pyridine rings is 1. The van der Waals surface area contributed by atoms with E-state index in [4.69, 9.17) is 31.4 Å². The lowest BCUT2D eigenvalue weighted by atomic mass is 9.96. The number of anilines is 2. The summed E-state index contributed by atoms with van der Waals surface area (Å²) in [4.78, 5) is 14.1. The summed E-state index contributed by atoms with van der Waals surface area (Å²) >= 11 is 6.02. The summed E-state index contributed by atoms with van der Waals surface area (Å²) in [6, 6.07) is 3.35. The third-order valence-corrected chi connectivity index (χ3v) is 8.48. The molecule has 2 saturated heterocycles. The molecule has 0 radical (unpaired) electrons. The molecule has 9 nitrogen and oxygen atoms in total. The fourth-order valence-corrected chi connectivity index (χ4v) is 6.25. The maximum atomic E-state index is 15.7. The Morgan fingerprint density at radius 1 is 1.05 bits per heavy atom. The number of morpholine rings is 1. The first kappa shape index (κ1) is 27.1. The number of H-pyrrole nitrogens is 1. The zero-order valence-corrected chi connectivity index (χ0v) is 23.6. The minimum atomic E-state index is -0.822. The molecule has 0 saturated carbocycles. The first-order valence-electron chi connectivity index (χ1n) is 13.7. The number of halogens is 2. The fraction of sp³-hybridized carbons (Fsp3) is 0.500. The van der Waals surface area contributed by atoms with E-state index in [1.54, 1.807) is 6.20 Å². The van der Waals surface area contributed by atoms with E-state index in [0.717, 1.165) is 86.8 Å². The van der Waals surface area contributed by atoms with Crippen molar-refractivity contribution in [3.05, 3.63) is 41.2 Å². The molecule has 6 rings (SSSR count). The van der Waals surface area contributed by atoms with Gasteiger partial charge in [0.1, 0.15) is 11.3 Å². The quantitative estimate of drug-likeness (QED) is 0.411. The van der Waals surface area contributed by atoms with Crippen molar-refractivity contribution in [1.82, 2.24) is 20.2 Å². The molecule has 2 fully saturated rings. The van der Waals surface area contributed by atoms with Crippen LogP contribution in [0.15, 0.2) is 18.3 Å². The van der Waals surface area contributed by atoms with E-state index in [2.05, 4.69) is 21.3 Å². The van der Waals surface area contributed by atoms with Crippen LogP contribution in [0, 0.1) is 17.6 Å². The van der Waals surface area contributed by atoms with Gasteiger partial charge in [-0.25, -0.2) is 13.8 Å². The minimum absolute atomic E-state index is 0.112. The van der Waals surface area contributed by atoms with Crippen molar-refractivity contribution in [2.75, 3.05) is 70.0 Å². The molecule has 3 aliphatic rings. The van der Waals surface area contributed by atoms with Gasteiger partial charge in [0.05, 0.1) is 39.7 Å². The second-order valence-corrected chi connectivity index (χ2v) is 10.9. The Bertz CT molecular complexity index is 1380. The molecule has 0 aliphatic carbocycles. The third kappa shape index (κ3) is 4.98. The van der Waals surface area contributed by atoms with Crippen molar-refractivity contribution in [3.63, 3.8) is 0 Å². The van der Waals surface area contributed by atoms with Crippen molar-refractivity contribution in [2.45, 2.75) is 25.9 Å². The molecule has 0 unspecified atom stereocenters. The first-order chi connectivity index (χ1) is 19.5. The van der Waals surface area contributed by atoms with Crippen molar-refractivity contribution in [1.29, 1.82) is 0 Å². The Hall–Kier alpha value is -3.06. The predicted octanol–water partition coefficient (Wildman–Crippen LogP) is 3.80. The number of rotatable bonds is 7. The van der Waals surface area contributed by atoms with Crippen LogP contribution >= 0.6 is 12.2 Å². The molecule has 0 atom stereocenters. The van der Waals surface area contributed by atoms with Crippen LogP contribution in [-0.4, -0.2) is 80.1 Å². The van der Waals surface area contributed by atoms with Gasteiger partial charge in [0, 0.05) is 55.1 Å². The zero-order chi connectivity index (χ0) is 27.8. The third-order valence-electron chi connectivity index (χ3n) is 8.04. The summed E-state index contributed by atoms with van der Waals surface area (Å²) in [5, 5.41) is 4.71. The van der Waals surface area contributed by atoms with Crippen LogP contribution in [0.2, 0.25) is 0 Å². The number of ether oxygens (including phenoxy) is 3. The summed E-state index contributed by atoms with van der Waals surface area (Å²) < 4.78 is 47.2. The topological polar surface area (TPSA) is 78.1 Å². The van der Waals surface area contributed by atoms with E-state index in [1.807, 2.05) is 4.90 Å². The van der Waals surface area contributed by atoms with E-state index in [9.17, 15) is 0 Å². The van der Waals surface area contributed by atoms with E-state index >= 15 is 8.78 Å². The van der Waals surface area contributed by atoms with Gasteiger partial charge in [0.2, 0.25) is 0 Å². The van der Waals surface area contributed by atoms with Crippen LogP contribution in [0.5, 0.6) is 11.5 Å². The lowest BCUT2D eigenvalue weighted by molar-refractivity contribution is 0.0337. The number of benzene rings is 1. The molecule has 2 N–H and O–H groups in total. The summed E-state index contributed by atoms with van der Waals surface area (Å²) in [7, 11) is 2.68. The number of thiocarbonyl (C=S) groups is 1. The van der Waals surface area contributed by atoms with Crippen LogP contribution in [0.1, 0.15) is 24.1 Å². The van der Waals surface area contributed by atoms with Crippen LogP contribution in [0.3, 0.4) is 0 Å². The number of aromatic nitrogens is 2. The van der Waals surface area contributed by atoms with E-state index in [0.29, 0.717) is 17.6 Å². The zero-order valence-electron chi connectivity index (χ0n) is 22.8. The van der Waals surface area contributed by atoms with Crippen LogP contribution in [0.25, 0.3) is 11.0 Å². The van der Waals surface area contributed by atoms with Crippen molar-refractivity contribution >= 4 is 39.7 Å². The predicted molar refractivity (Wildman–Crippen MR) is 153 cm³/mol. The molecule has 1 aromatic carbocycles. The highest BCUT2D eigenvalue weighted by Gasteiger charge is 2.36. The molecule has 3 aliphatic heterocycles. The number of aromatic amines is 1. The normalized spacial score (nSPS) is 18.9. The van der Waals surface area contributed by atoms with Crippen molar-refractivity contribution in [3.8, 4) is 11.5 Å². The number of fused-ring (bicyclic) bond motifs is 3. The molecule has 12 heteroatoms. The largest absolute Gasteiger partial charge is 0.493 e. The Kier molecular flexibility index (Phi) is 7.76. The number of methoxy groups -OCH3 is 2. The molecule has 40 heavy (non-hydrogen) atoms. The molecule has 2 aromatic heterocycles. The second-order valence-electron chi connectivity index (χ2n) is 10.5. The first-order valence-corrected chi connectivity index (χ1v) is 14.1. The van der Waals surface area contributed by atoms with Gasteiger partial charge in [-0.2, -0.15) is 0 Å². The Morgan fingerprint density at radius 2 is 1.75 bits per heavy atom. The van der Waals surface area contributed by atoms with Gasteiger partial charge in [-0.3, -0.25) is 4.90 Å². The lowest BCUT2D eigenvalue weighted by Gasteiger charge is -2.42. The highest BCUT2D eigenvalue weighted by Crippen LogP contribution is 2.43. The van der Waals surface area contributed by atoms with Gasteiger partial charge in [-0.15, -0.1) is 0 Å². The maximum absolute atomic E-state index is 15.7. The second kappa shape index (κ2) is 11.4. The molecule has 214 valence electrons. The van der Waals surface area contributed by atoms with Gasteiger partial charge in [-0.05, 0) is 50.1 Å². The Labute approximate surface area is 237 Å². The lowest BCUT2D eigenvalue weighted by Crippen LogP contribution is -2.50. The number of hydrogen-bond acceptors (Lipinski definition) is 7. The molecule has 0 bridgehead atoms. The van der Waals surface area contributed by atoms with Crippen LogP contribution < -0.4 is 24.6 Å². The molecular weight excluding hydrogens is 538 g/mol.